The summed E-state index contributed by atoms with van der Waals surface area (Å²) < 4.78 is 21.8. The second-order valence-electron chi connectivity index (χ2n) is 5.99. The molecule has 7 nitrogen and oxygen atoms in total. The van der Waals surface area contributed by atoms with E-state index in [-0.39, 0.29) is 11.5 Å². The number of amides is 1. The molecule has 2 aromatic carbocycles. The van der Waals surface area contributed by atoms with E-state index in [1.807, 2.05) is 31.2 Å². The van der Waals surface area contributed by atoms with Crippen molar-refractivity contribution in [3.05, 3.63) is 79.0 Å². The molecule has 1 N–H and O–H groups in total. The molecule has 4 aromatic rings. The van der Waals surface area contributed by atoms with Crippen LogP contribution in [0.25, 0.3) is 11.5 Å². The van der Waals surface area contributed by atoms with Crippen LogP contribution in [-0.2, 0) is 0 Å². The third-order valence-electron chi connectivity index (χ3n) is 4.01. The maximum Gasteiger partial charge on any atom is 0.278 e. The van der Waals surface area contributed by atoms with Crippen molar-refractivity contribution < 1.29 is 23.1 Å². The third-order valence-corrected chi connectivity index (χ3v) is 4.01. The molecule has 4 rings (SSSR count). The van der Waals surface area contributed by atoms with Crippen molar-refractivity contribution in [1.82, 2.24) is 4.98 Å². The van der Waals surface area contributed by atoms with Crippen LogP contribution < -0.4 is 14.8 Å². The number of aromatic nitrogens is 1. The van der Waals surface area contributed by atoms with E-state index in [4.69, 9.17) is 18.3 Å². The summed E-state index contributed by atoms with van der Waals surface area (Å²) in [6.45, 7) is 2.55. The Morgan fingerprint density at radius 2 is 1.66 bits per heavy atom. The van der Waals surface area contributed by atoms with E-state index < -0.39 is 5.91 Å². The predicted octanol–water partition coefficient (Wildman–Crippen LogP) is 5.38. The molecule has 0 radical (unpaired) electrons. The zero-order valence-electron chi connectivity index (χ0n) is 15.6. The predicted molar refractivity (Wildman–Crippen MR) is 106 cm³/mol. The lowest BCUT2D eigenvalue weighted by atomic mass is 10.2. The molecule has 1 amide bonds. The van der Waals surface area contributed by atoms with Gasteiger partial charge in [0.05, 0.1) is 12.9 Å². The molecular formula is C22H18N2O5. The van der Waals surface area contributed by atoms with Crippen LogP contribution in [0.5, 0.6) is 17.2 Å². The maximum atomic E-state index is 12.5. The number of carbonyl (C=O) groups is 1. The smallest absolute Gasteiger partial charge is 0.278 e. The molecule has 0 bridgehead atoms. The number of furan rings is 1. The Kier molecular flexibility index (Phi) is 5.29. The van der Waals surface area contributed by atoms with Gasteiger partial charge in [0.2, 0.25) is 5.76 Å². The molecule has 0 aliphatic rings. The van der Waals surface area contributed by atoms with Crippen LogP contribution >= 0.6 is 0 Å². The van der Waals surface area contributed by atoms with Gasteiger partial charge in [0.15, 0.2) is 17.8 Å². The Hall–Kier alpha value is -4.00. The summed E-state index contributed by atoms with van der Waals surface area (Å²) >= 11 is 0. The number of nitrogens with zero attached hydrogens (tertiary/aromatic N) is 1. The molecule has 0 spiro atoms. The first-order valence-electron chi connectivity index (χ1n) is 9.02. The van der Waals surface area contributed by atoms with Crippen molar-refractivity contribution in [2.45, 2.75) is 6.92 Å². The largest absolute Gasteiger partial charge is 0.494 e. The normalized spacial score (nSPS) is 10.5. The molecule has 0 atom stereocenters. The Balaban J connectivity index is 1.41. The highest BCUT2D eigenvalue weighted by Gasteiger charge is 2.20. The molecule has 0 aliphatic heterocycles. The molecule has 0 saturated heterocycles. The second-order valence-corrected chi connectivity index (χ2v) is 5.99. The maximum absolute atomic E-state index is 12.5. The highest BCUT2D eigenvalue weighted by atomic mass is 16.5. The molecule has 7 heteroatoms. The van der Waals surface area contributed by atoms with Crippen LogP contribution in [-0.4, -0.2) is 17.5 Å². The average Bonchev–Trinajstić information content (AvgIpc) is 3.43. The number of oxazole rings is 1. The van der Waals surface area contributed by atoms with Crippen molar-refractivity contribution in [3.63, 3.8) is 0 Å². The van der Waals surface area contributed by atoms with Gasteiger partial charge in [-0.05, 0) is 67.6 Å². The summed E-state index contributed by atoms with van der Waals surface area (Å²) in [5, 5.41) is 2.78. The number of carbonyl (C=O) groups excluding carboxylic acids is 1. The van der Waals surface area contributed by atoms with E-state index in [1.165, 1.54) is 12.7 Å². The lowest BCUT2D eigenvalue weighted by Gasteiger charge is -2.09. The molecule has 0 unspecified atom stereocenters. The van der Waals surface area contributed by atoms with Gasteiger partial charge < -0.3 is 23.6 Å². The summed E-state index contributed by atoms with van der Waals surface area (Å²) in [6, 6.07) is 17.8. The van der Waals surface area contributed by atoms with Gasteiger partial charge in [0, 0.05) is 5.69 Å². The van der Waals surface area contributed by atoms with Crippen LogP contribution in [0.15, 0.2) is 82.2 Å². The fourth-order valence-corrected chi connectivity index (χ4v) is 2.69. The first kappa shape index (κ1) is 18.4. The zero-order valence-corrected chi connectivity index (χ0v) is 15.6. The number of ether oxygens (including phenoxy) is 2. The van der Waals surface area contributed by atoms with Gasteiger partial charge in [-0.25, -0.2) is 4.98 Å². The highest BCUT2D eigenvalue weighted by molar-refractivity contribution is 6.06. The van der Waals surface area contributed by atoms with Crippen molar-refractivity contribution >= 4 is 11.6 Å². The fourth-order valence-electron chi connectivity index (χ4n) is 2.69. The van der Waals surface area contributed by atoms with E-state index in [0.717, 1.165) is 5.75 Å². The molecule has 2 aromatic heterocycles. The highest BCUT2D eigenvalue weighted by Crippen LogP contribution is 2.27. The number of hydrogen-bond donors (Lipinski definition) is 1. The number of benzene rings is 2. The zero-order chi connectivity index (χ0) is 20.1. The van der Waals surface area contributed by atoms with Gasteiger partial charge in [0.25, 0.3) is 5.91 Å². The van der Waals surface area contributed by atoms with Gasteiger partial charge in [-0.3, -0.25) is 4.79 Å². The van der Waals surface area contributed by atoms with Crippen molar-refractivity contribution in [1.29, 1.82) is 0 Å². The van der Waals surface area contributed by atoms with Crippen molar-refractivity contribution in [2.75, 3.05) is 11.9 Å². The summed E-state index contributed by atoms with van der Waals surface area (Å²) in [6.07, 6.45) is 2.71. The second kappa shape index (κ2) is 8.35. The molecule has 0 aliphatic carbocycles. The molecule has 146 valence electrons. The van der Waals surface area contributed by atoms with E-state index >= 15 is 0 Å². The Morgan fingerprint density at radius 3 is 2.31 bits per heavy atom. The van der Waals surface area contributed by atoms with E-state index in [2.05, 4.69) is 10.3 Å². The minimum Gasteiger partial charge on any atom is -0.494 e. The van der Waals surface area contributed by atoms with Crippen LogP contribution in [0.1, 0.15) is 17.4 Å². The lowest BCUT2D eigenvalue weighted by molar-refractivity contribution is 0.102. The first-order chi connectivity index (χ1) is 14.2. The molecular weight excluding hydrogens is 372 g/mol. The summed E-state index contributed by atoms with van der Waals surface area (Å²) in [4.78, 5) is 16.5. The Morgan fingerprint density at radius 1 is 0.966 bits per heavy atom. The number of anilines is 1. The van der Waals surface area contributed by atoms with Crippen LogP contribution in [0.4, 0.5) is 5.69 Å². The van der Waals surface area contributed by atoms with Crippen molar-refractivity contribution in [3.8, 4) is 28.8 Å². The summed E-state index contributed by atoms with van der Waals surface area (Å²) in [5.74, 6) is 2.44. The van der Waals surface area contributed by atoms with Gasteiger partial charge >= 0.3 is 0 Å². The molecule has 2 heterocycles. The Bertz CT molecular complexity index is 1070. The van der Waals surface area contributed by atoms with Gasteiger partial charge in [-0.15, -0.1) is 0 Å². The van der Waals surface area contributed by atoms with E-state index in [9.17, 15) is 4.79 Å². The average molecular weight is 390 g/mol. The minimum atomic E-state index is -0.398. The van der Waals surface area contributed by atoms with Crippen LogP contribution in [0.3, 0.4) is 0 Å². The van der Waals surface area contributed by atoms with Crippen molar-refractivity contribution in [2.24, 2.45) is 0 Å². The van der Waals surface area contributed by atoms with Gasteiger partial charge in [-0.2, -0.15) is 0 Å². The topological polar surface area (TPSA) is 86.7 Å². The molecule has 0 fully saturated rings. The first-order valence-corrected chi connectivity index (χ1v) is 9.02. The standard InChI is InChI=1S/C22H18N2O5/c1-2-26-16-9-11-18(12-10-16)29-17-7-5-15(6-8-17)24-22(25)20-21(28-14-23-20)19-4-3-13-27-19/h3-14H,2H2,1H3,(H,24,25). The van der Waals surface area contributed by atoms with Gasteiger partial charge in [-0.1, -0.05) is 0 Å². The summed E-state index contributed by atoms with van der Waals surface area (Å²) in [5.41, 5.74) is 0.747. The summed E-state index contributed by atoms with van der Waals surface area (Å²) in [7, 11) is 0. The van der Waals surface area contributed by atoms with Crippen LogP contribution in [0.2, 0.25) is 0 Å². The number of rotatable bonds is 7. The fraction of sp³-hybridized carbons (Fsp3) is 0.0909. The van der Waals surface area contributed by atoms with E-state index in [0.29, 0.717) is 29.6 Å². The Labute approximate surface area is 166 Å². The monoisotopic (exact) mass is 390 g/mol. The van der Waals surface area contributed by atoms with E-state index in [1.54, 1.807) is 36.4 Å². The molecule has 29 heavy (non-hydrogen) atoms. The SMILES string of the molecule is CCOc1ccc(Oc2ccc(NC(=O)c3ncoc3-c3ccco3)cc2)cc1. The quantitative estimate of drug-likeness (QED) is 0.456. The van der Waals surface area contributed by atoms with Crippen LogP contribution in [0, 0.1) is 0 Å². The molecule has 0 saturated carbocycles. The van der Waals surface area contributed by atoms with Gasteiger partial charge in [0.1, 0.15) is 17.2 Å². The third kappa shape index (κ3) is 4.30. The lowest BCUT2D eigenvalue weighted by Crippen LogP contribution is -2.13. The number of nitrogens with one attached hydrogen (secondary N) is 1. The number of hydrogen-bond acceptors (Lipinski definition) is 6. The minimum absolute atomic E-state index is 0.148.